The molecule has 2 aromatic heterocycles. The highest BCUT2D eigenvalue weighted by molar-refractivity contribution is 5.92. The zero-order valence-corrected chi connectivity index (χ0v) is 14.2. The first-order valence-electron chi connectivity index (χ1n) is 8.20. The molecule has 3 rings (SSSR count). The Morgan fingerprint density at radius 1 is 1.12 bits per heavy atom. The number of hydrogen-bond acceptors (Lipinski definition) is 6. The molecule has 1 fully saturated rings. The number of ether oxygens (including phenoxy) is 1. The Kier molecular flexibility index (Phi) is 5.39. The topological polar surface area (TPSA) is 80.6 Å². The number of methoxy groups -OCH3 is 1. The zero-order chi connectivity index (χ0) is 17.6. The van der Waals surface area contributed by atoms with Crippen LogP contribution in [0.4, 0.5) is 5.69 Å². The highest BCUT2D eigenvalue weighted by atomic mass is 16.5. The van der Waals surface area contributed by atoms with E-state index >= 15 is 0 Å². The lowest BCUT2D eigenvalue weighted by Crippen LogP contribution is -2.49. The summed E-state index contributed by atoms with van der Waals surface area (Å²) in [5.74, 6) is -0.152. The highest BCUT2D eigenvalue weighted by Gasteiger charge is 2.23. The number of carbonyl (C=O) groups excluding carboxylic acids is 1. The Balaban J connectivity index is 1.65. The minimum atomic E-state index is -0.240. The Morgan fingerprint density at radius 2 is 1.84 bits per heavy atom. The van der Waals surface area contributed by atoms with Gasteiger partial charge in [-0.25, -0.2) is 4.68 Å². The molecule has 2 aromatic rings. The molecular formula is C17H21N5O3. The van der Waals surface area contributed by atoms with E-state index < -0.39 is 0 Å². The minimum Gasteiger partial charge on any atom is -0.383 e. The SMILES string of the molecule is COCCn1nc(C(=O)N2CCN(c3ccncc3)CC2)ccc1=O. The summed E-state index contributed by atoms with van der Waals surface area (Å²) in [6, 6.07) is 6.79. The molecule has 0 aliphatic carbocycles. The highest BCUT2D eigenvalue weighted by Crippen LogP contribution is 2.15. The number of pyridine rings is 1. The second-order valence-electron chi connectivity index (χ2n) is 5.76. The molecule has 0 saturated carbocycles. The van der Waals surface area contributed by atoms with Gasteiger partial charge in [-0.1, -0.05) is 0 Å². The summed E-state index contributed by atoms with van der Waals surface area (Å²) in [7, 11) is 1.56. The number of amides is 1. The number of nitrogens with zero attached hydrogens (tertiary/aromatic N) is 5. The minimum absolute atomic E-state index is 0.152. The van der Waals surface area contributed by atoms with Crippen LogP contribution in [0.15, 0.2) is 41.5 Å². The van der Waals surface area contributed by atoms with Crippen molar-refractivity contribution in [2.75, 3.05) is 44.8 Å². The number of hydrogen-bond donors (Lipinski definition) is 0. The zero-order valence-electron chi connectivity index (χ0n) is 14.2. The van der Waals surface area contributed by atoms with E-state index in [-0.39, 0.29) is 17.2 Å². The van der Waals surface area contributed by atoms with Gasteiger partial charge < -0.3 is 14.5 Å². The van der Waals surface area contributed by atoms with Crippen molar-refractivity contribution >= 4 is 11.6 Å². The third kappa shape index (κ3) is 4.03. The van der Waals surface area contributed by atoms with Gasteiger partial charge in [-0.3, -0.25) is 14.6 Å². The fraction of sp³-hybridized carbons (Fsp3) is 0.412. The Bertz CT molecular complexity index is 769. The van der Waals surface area contributed by atoms with Crippen molar-refractivity contribution in [3.63, 3.8) is 0 Å². The van der Waals surface area contributed by atoms with Gasteiger partial charge in [0.2, 0.25) is 0 Å². The van der Waals surface area contributed by atoms with Crippen LogP contribution in [-0.4, -0.2) is 65.5 Å². The number of rotatable bonds is 5. The van der Waals surface area contributed by atoms with Crippen LogP contribution in [-0.2, 0) is 11.3 Å². The van der Waals surface area contributed by atoms with E-state index in [2.05, 4.69) is 15.0 Å². The maximum atomic E-state index is 12.7. The van der Waals surface area contributed by atoms with E-state index in [0.717, 1.165) is 18.8 Å². The van der Waals surface area contributed by atoms with Crippen LogP contribution in [0.3, 0.4) is 0 Å². The molecule has 25 heavy (non-hydrogen) atoms. The van der Waals surface area contributed by atoms with E-state index in [0.29, 0.717) is 26.2 Å². The second-order valence-corrected chi connectivity index (χ2v) is 5.76. The van der Waals surface area contributed by atoms with Crippen molar-refractivity contribution in [1.82, 2.24) is 19.7 Å². The smallest absolute Gasteiger partial charge is 0.274 e. The lowest BCUT2D eigenvalue weighted by molar-refractivity contribution is 0.0737. The molecule has 1 saturated heterocycles. The van der Waals surface area contributed by atoms with Crippen LogP contribution < -0.4 is 10.5 Å². The summed E-state index contributed by atoms with van der Waals surface area (Å²) >= 11 is 0. The van der Waals surface area contributed by atoms with Crippen molar-refractivity contribution in [2.24, 2.45) is 0 Å². The third-order valence-corrected chi connectivity index (χ3v) is 4.19. The molecule has 1 aliphatic heterocycles. The predicted molar refractivity (Wildman–Crippen MR) is 92.7 cm³/mol. The molecular weight excluding hydrogens is 322 g/mol. The molecule has 0 N–H and O–H groups in total. The second kappa shape index (κ2) is 7.89. The lowest BCUT2D eigenvalue weighted by Gasteiger charge is -2.35. The van der Waals surface area contributed by atoms with Crippen molar-refractivity contribution in [1.29, 1.82) is 0 Å². The molecule has 0 radical (unpaired) electrons. The molecule has 0 aromatic carbocycles. The molecule has 1 aliphatic rings. The van der Waals surface area contributed by atoms with Crippen LogP contribution in [0.1, 0.15) is 10.5 Å². The van der Waals surface area contributed by atoms with Crippen LogP contribution in [0.25, 0.3) is 0 Å². The average molecular weight is 343 g/mol. The number of anilines is 1. The number of piperazine rings is 1. The Morgan fingerprint density at radius 3 is 2.52 bits per heavy atom. The van der Waals surface area contributed by atoms with Crippen LogP contribution in [0.5, 0.6) is 0 Å². The van der Waals surface area contributed by atoms with Crippen molar-refractivity contribution in [3.05, 3.63) is 52.7 Å². The average Bonchev–Trinajstić information content (AvgIpc) is 2.67. The molecule has 8 nitrogen and oxygen atoms in total. The largest absolute Gasteiger partial charge is 0.383 e. The number of aromatic nitrogens is 3. The number of carbonyl (C=O) groups is 1. The van der Waals surface area contributed by atoms with E-state index in [1.807, 2.05) is 12.1 Å². The molecule has 0 bridgehead atoms. The molecule has 0 spiro atoms. The quantitative estimate of drug-likeness (QED) is 0.774. The van der Waals surface area contributed by atoms with E-state index in [1.165, 1.54) is 16.8 Å². The van der Waals surface area contributed by atoms with Gasteiger partial charge in [-0.05, 0) is 18.2 Å². The van der Waals surface area contributed by atoms with E-state index in [4.69, 9.17) is 4.74 Å². The summed E-state index contributed by atoms with van der Waals surface area (Å²) in [6.45, 7) is 3.42. The van der Waals surface area contributed by atoms with Crippen molar-refractivity contribution < 1.29 is 9.53 Å². The van der Waals surface area contributed by atoms with Crippen molar-refractivity contribution in [3.8, 4) is 0 Å². The lowest BCUT2D eigenvalue weighted by atomic mass is 10.2. The maximum Gasteiger partial charge on any atom is 0.274 e. The van der Waals surface area contributed by atoms with E-state index in [9.17, 15) is 9.59 Å². The predicted octanol–water partition coefficient (Wildman–Crippen LogP) is 0.247. The molecule has 132 valence electrons. The van der Waals surface area contributed by atoms with E-state index in [1.54, 1.807) is 24.4 Å². The van der Waals surface area contributed by atoms with Crippen molar-refractivity contribution in [2.45, 2.75) is 6.54 Å². The summed E-state index contributed by atoms with van der Waals surface area (Å²) in [6.07, 6.45) is 3.53. The monoisotopic (exact) mass is 343 g/mol. The first-order chi connectivity index (χ1) is 12.2. The fourth-order valence-electron chi connectivity index (χ4n) is 2.79. The van der Waals surface area contributed by atoms with Gasteiger partial charge in [0.15, 0.2) is 0 Å². The summed E-state index contributed by atoms with van der Waals surface area (Å²) in [4.78, 5) is 32.5. The first kappa shape index (κ1) is 17.1. The summed E-state index contributed by atoms with van der Waals surface area (Å²) in [5.41, 5.74) is 1.15. The van der Waals surface area contributed by atoms with Gasteiger partial charge in [-0.15, -0.1) is 0 Å². The normalized spacial score (nSPS) is 14.6. The third-order valence-electron chi connectivity index (χ3n) is 4.19. The standard InChI is InChI=1S/C17H21N5O3/c1-25-13-12-22-16(23)3-2-15(19-22)17(24)21-10-8-20(9-11-21)14-4-6-18-7-5-14/h2-7H,8-13H2,1H3. The molecule has 0 atom stereocenters. The molecule has 3 heterocycles. The molecule has 1 amide bonds. The van der Waals surface area contributed by atoms with Crippen LogP contribution >= 0.6 is 0 Å². The van der Waals surface area contributed by atoms with Gasteiger partial charge in [0.05, 0.1) is 13.2 Å². The molecule has 0 unspecified atom stereocenters. The van der Waals surface area contributed by atoms with Gasteiger partial charge >= 0.3 is 0 Å². The maximum absolute atomic E-state index is 12.7. The van der Waals surface area contributed by atoms with Crippen LogP contribution in [0.2, 0.25) is 0 Å². The fourth-order valence-corrected chi connectivity index (χ4v) is 2.79. The molecule has 8 heteroatoms. The summed E-state index contributed by atoms with van der Waals surface area (Å²) in [5, 5.41) is 4.17. The first-order valence-corrected chi connectivity index (χ1v) is 8.20. The summed E-state index contributed by atoms with van der Waals surface area (Å²) < 4.78 is 6.23. The van der Waals surface area contributed by atoms with Gasteiger partial charge in [0.25, 0.3) is 11.5 Å². The Hall–Kier alpha value is -2.74. The van der Waals surface area contributed by atoms with Gasteiger partial charge in [-0.2, -0.15) is 5.10 Å². The Labute approximate surface area is 145 Å². The van der Waals surface area contributed by atoms with Gasteiger partial charge in [0.1, 0.15) is 5.69 Å². The van der Waals surface area contributed by atoms with Gasteiger partial charge in [0, 0.05) is 57.4 Å². The van der Waals surface area contributed by atoms with Crippen LogP contribution in [0, 0.1) is 0 Å².